The smallest absolute Gasteiger partial charge is 0.0770 e. The maximum Gasteiger partial charge on any atom is 0.0770 e. The summed E-state index contributed by atoms with van der Waals surface area (Å²) in [6.07, 6.45) is 4.73. The lowest BCUT2D eigenvalue weighted by atomic mass is 10.1. The van der Waals surface area contributed by atoms with Crippen molar-refractivity contribution in [3.63, 3.8) is 0 Å². The molecule has 80 valence electrons. The predicted octanol–water partition coefficient (Wildman–Crippen LogP) is 4.36. The Morgan fingerprint density at radius 1 is 1.33 bits per heavy atom. The molecule has 1 atom stereocenters. The standard InChI is InChI=1S/C12H12Br2O/c13-10-5-3-9(4-6-10)12(14)8-11-2-1-7-15-11/h3-6,8,11H,1-2,7H2/b12-8-/t11-/m1/s1. The van der Waals surface area contributed by atoms with E-state index in [1.807, 2.05) is 12.1 Å². The van der Waals surface area contributed by atoms with Gasteiger partial charge in [0.15, 0.2) is 0 Å². The summed E-state index contributed by atoms with van der Waals surface area (Å²) in [4.78, 5) is 0. The molecule has 1 aromatic rings. The fourth-order valence-electron chi connectivity index (χ4n) is 1.60. The molecule has 1 saturated heterocycles. The largest absolute Gasteiger partial charge is 0.374 e. The van der Waals surface area contributed by atoms with Gasteiger partial charge in [-0.2, -0.15) is 0 Å². The molecule has 1 nitrogen and oxygen atoms in total. The van der Waals surface area contributed by atoms with Gasteiger partial charge in [-0.1, -0.05) is 44.0 Å². The van der Waals surface area contributed by atoms with Crippen molar-refractivity contribution in [3.8, 4) is 0 Å². The minimum absolute atomic E-state index is 0.281. The van der Waals surface area contributed by atoms with Crippen LogP contribution in [0.3, 0.4) is 0 Å². The van der Waals surface area contributed by atoms with Crippen molar-refractivity contribution in [1.82, 2.24) is 0 Å². The van der Waals surface area contributed by atoms with Crippen LogP contribution in [0.5, 0.6) is 0 Å². The fraction of sp³-hybridized carbons (Fsp3) is 0.333. The highest BCUT2D eigenvalue weighted by Crippen LogP contribution is 2.26. The first kappa shape index (κ1) is 11.4. The number of hydrogen-bond acceptors (Lipinski definition) is 1. The first-order chi connectivity index (χ1) is 7.25. The van der Waals surface area contributed by atoms with Gasteiger partial charge in [0.1, 0.15) is 0 Å². The zero-order valence-electron chi connectivity index (χ0n) is 8.25. The molecule has 0 spiro atoms. The van der Waals surface area contributed by atoms with E-state index in [0.717, 1.165) is 22.0 Å². The molecule has 1 fully saturated rings. The van der Waals surface area contributed by atoms with E-state index in [1.165, 1.54) is 12.0 Å². The van der Waals surface area contributed by atoms with E-state index in [0.29, 0.717) is 0 Å². The Labute approximate surface area is 107 Å². The summed E-state index contributed by atoms with van der Waals surface area (Å²) in [5.41, 5.74) is 1.19. The molecule has 0 amide bonds. The normalized spacial score (nSPS) is 22.0. The third-order valence-electron chi connectivity index (χ3n) is 2.42. The number of ether oxygens (including phenoxy) is 1. The Balaban J connectivity index is 2.12. The van der Waals surface area contributed by atoms with Gasteiger partial charge in [0.2, 0.25) is 0 Å². The molecule has 0 bridgehead atoms. The van der Waals surface area contributed by atoms with Crippen molar-refractivity contribution in [1.29, 1.82) is 0 Å². The topological polar surface area (TPSA) is 9.23 Å². The number of hydrogen-bond donors (Lipinski definition) is 0. The number of benzene rings is 1. The van der Waals surface area contributed by atoms with Gasteiger partial charge >= 0.3 is 0 Å². The number of halogens is 2. The summed E-state index contributed by atoms with van der Waals surface area (Å²) in [6.45, 7) is 0.891. The highest BCUT2D eigenvalue weighted by atomic mass is 79.9. The van der Waals surface area contributed by atoms with Gasteiger partial charge in [0, 0.05) is 15.6 Å². The first-order valence-electron chi connectivity index (χ1n) is 5.00. The van der Waals surface area contributed by atoms with Crippen LogP contribution >= 0.6 is 31.9 Å². The maximum atomic E-state index is 5.55. The summed E-state index contributed by atoms with van der Waals surface area (Å²) in [7, 11) is 0. The van der Waals surface area contributed by atoms with E-state index in [-0.39, 0.29) is 6.10 Å². The summed E-state index contributed by atoms with van der Waals surface area (Å²) < 4.78 is 7.77. The molecule has 0 unspecified atom stereocenters. The van der Waals surface area contributed by atoms with Gasteiger partial charge < -0.3 is 4.74 Å². The van der Waals surface area contributed by atoms with Crippen LogP contribution in [0.2, 0.25) is 0 Å². The summed E-state index contributed by atoms with van der Waals surface area (Å²) in [5.74, 6) is 0. The van der Waals surface area contributed by atoms with E-state index in [2.05, 4.69) is 50.1 Å². The van der Waals surface area contributed by atoms with Crippen LogP contribution in [0.4, 0.5) is 0 Å². The molecule has 0 N–H and O–H groups in total. The zero-order chi connectivity index (χ0) is 10.7. The van der Waals surface area contributed by atoms with E-state index in [9.17, 15) is 0 Å². The Hall–Kier alpha value is -0.120. The van der Waals surface area contributed by atoms with Gasteiger partial charge in [0.05, 0.1) is 6.10 Å². The molecule has 1 aromatic carbocycles. The minimum Gasteiger partial charge on any atom is -0.374 e. The second kappa shape index (κ2) is 5.28. The monoisotopic (exact) mass is 330 g/mol. The van der Waals surface area contributed by atoms with Crippen LogP contribution in [0.15, 0.2) is 34.8 Å². The SMILES string of the molecule is Br/C(=C\[C@H]1CCCO1)c1ccc(Br)cc1. The average molecular weight is 332 g/mol. The highest BCUT2D eigenvalue weighted by Gasteiger charge is 2.13. The Kier molecular flexibility index (Phi) is 4.00. The highest BCUT2D eigenvalue weighted by molar-refractivity contribution is 9.15. The van der Waals surface area contributed by atoms with Crippen LogP contribution in [-0.2, 0) is 4.74 Å². The van der Waals surface area contributed by atoms with Gasteiger partial charge in [-0.3, -0.25) is 0 Å². The Morgan fingerprint density at radius 3 is 2.67 bits per heavy atom. The molecule has 1 heterocycles. The lowest BCUT2D eigenvalue weighted by Crippen LogP contribution is -1.99. The molecule has 0 saturated carbocycles. The number of rotatable bonds is 2. The van der Waals surface area contributed by atoms with Gasteiger partial charge in [-0.25, -0.2) is 0 Å². The van der Waals surface area contributed by atoms with Crippen molar-refractivity contribution >= 4 is 36.3 Å². The molecule has 0 aliphatic carbocycles. The second-order valence-electron chi connectivity index (χ2n) is 3.57. The van der Waals surface area contributed by atoms with E-state index in [4.69, 9.17) is 4.74 Å². The molecule has 0 radical (unpaired) electrons. The Morgan fingerprint density at radius 2 is 2.07 bits per heavy atom. The summed E-state index contributed by atoms with van der Waals surface area (Å²) in [6, 6.07) is 8.25. The van der Waals surface area contributed by atoms with Gasteiger partial charge in [0.25, 0.3) is 0 Å². The Bertz CT molecular complexity index is 350. The molecular weight excluding hydrogens is 320 g/mol. The van der Waals surface area contributed by atoms with Crippen LogP contribution < -0.4 is 0 Å². The zero-order valence-corrected chi connectivity index (χ0v) is 11.4. The van der Waals surface area contributed by atoms with Crippen LogP contribution in [-0.4, -0.2) is 12.7 Å². The van der Waals surface area contributed by atoms with Crippen molar-refractivity contribution in [3.05, 3.63) is 40.4 Å². The first-order valence-corrected chi connectivity index (χ1v) is 6.59. The van der Waals surface area contributed by atoms with E-state index >= 15 is 0 Å². The molecule has 2 rings (SSSR count). The van der Waals surface area contributed by atoms with E-state index < -0.39 is 0 Å². The lowest BCUT2D eigenvalue weighted by molar-refractivity contribution is 0.146. The van der Waals surface area contributed by atoms with E-state index in [1.54, 1.807) is 0 Å². The summed E-state index contributed by atoms with van der Waals surface area (Å²) in [5, 5.41) is 0. The average Bonchev–Trinajstić information content (AvgIpc) is 2.71. The summed E-state index contributed by atoms with van der Waals surface area (Å²) >= 11 is 7.01. The van der Waals surface area contributed by atoms with Crippen molar-refractivity contribution in [2.24, 2.45) is 0 Å². The third-order valence-corrected chi connectivity index (χ3v) is 3.67. The van der Waals surface area contributed by atoms with Gasteiger partial charge in [-0.05, 0) is 36.6 Å². The molecule has 0 aromatic heterocycles. The van der Waals surface area contributed by atoms with Crippen LogP contribution in [0.25, 0.3) is 4.48 Å². The molecule has 1 aliphatic rings. The second-order valence-corrected chi connectivity index (χ2v) is 5.34. The maximum absolute atomic E-state index is 5.55. The van der Waals surface area contributed by atoms with Crippen molar-refractivity contribution in [2.75, 3.05) is 6.61 Å². The lowest BCUT2D eigenvalue weighted by Gasteiger charge is -2.05. The quantitative estimate of drug-likeness (QED) is 0.782. The van der Waals surface area contributed by atoms with Gasteiger partial charge in [-0.15, -0.1) is 0 Å². The fourth-order valence-corrected chi connectivity index (χ4v) is 2.43. The molecular formula is C12H12Br2O. The van der Waals surface area contributed by atoms with Crippen molar-refractivity contribution in [2.45, 2.75) is 18.9 Å². The predicted molar refractivity (Wildman–Crippen MR) is 70.0 cm³/mol. The minimum atomic E-state index is 0.281. The van der Waals surface area contributed by atoms with Crippen LogP contribution in [0.1, 0.15) is 18.4 Å². The molecule has 3 heteroatoms. The van der Waals surface area contributed by atoms with Crippen molar-refractivity contribution < 1.29 is 4.74 Å². The van der Waals surface area contributed by atoms with Crippen LogP contribution in [0, 0.1) is 0 Å². The molecule has 1 aliphatic heterocycles. The third kappa shape index (κ3) is 3.16. The molecule has 15 heavy (non-hydrogen) atoms.